The third-order valence-corrected chi connectivity index (χ3v) is 3.26. The highest BCUT2D eigenvalue weighted by atomic mass is 35.5. The maximum Gasteiger partial charge on any atom is 0.138 e. The van der Waals surface area contributed by atoms with Crippen molar-refractivity contribution in [1.29, 1.82) is 5.26 Å². The molecule has 0 unspecified atom stereocenters. The van der Waals surface area contributed by atoms with E-state index in [0.29, 0.717) is 17.3 Å². The van der Waals surface area contributed by atoms with Gasteiger partial charge in [-0.3, -0.25) is 0 Å². The summed E-state index contributed by atoms with van der Waals surface area (Å²) in [6, 6.07) is 9.54. The number of benzene rings is 1. The summed E-state index contributed by atoms with van der Waals surface area (Å²) in [5.74, 6) is 0.997. The van der Waals surface area contributed by atoms with Crippen LogP contribution in [0, 0.1) is 11.3 Å². The second-order valence-electron chi connectivity index (χ2n) is 4.74. The molecule has 0 aliphatic heterocycles. The van der Waals surface area contributed by atoms with Crippen LogP contribution < -0.4 is 5.32 Å². The van der Waals surface area contributed by atoms with E-state index in [2.05, 4.69) is 35.2 Å². The van der Waals surface area contributed by atoms with E-state index in [9.17, 15) is 0 Å². The van der Waals surface area contributed by atoms with Gasteiger partial charge in [-0.05, 0) is 23.6 Å². The second kappa shape index (κ2) is 6.36. The summed E-state index contributed by atoms with van der Waals surface area (Å²) in [6.45, 7) is 4.73. The Kier molecular flexibility index (Phi) is 4.54. The zero-order valence-electron chi connectivity index (χ0n) is 11.4. The molecule has 0 aliphatic rings. The van der Waals surface area contributed by atoms with Crippen LogP contribution in [-0.4, -0.2) is 9.97 Å². The van der Waals surface area contributed by atoms with Crippen molar-refractivity contribution in [1.82, 2.24) is 9.97 Å². The molecule has 4 nitrogen and oxygen atoms in total. The van der Waals surface area contributed by atoms with Gasteiger partial charge in [0.15, 0.2) is 0 Å². The molecule has 0 aliphatic carbocycles. The Morgan fingerprint density at radius 1 is 1.25 bits per heavy atom. The Bertz CT molecular complexity index is 629. The number of nitrogens with one attached hydrogen (secondary N) is 1. The molecule has 2 rings (SSSR count). The van der Waals surface area contributed by atoms with Gasteiger partial charge >= 0.3 is 0 Å². The lowest BCUT2D eigenvalue weighted by atomic mass is 10.1. The lowest BCUT2D eigenvalue weighted by Gasteiger charge is -2.14. The summed E-state index contributed by atoms with van der Waals surface area (Å²) >= 11 is 6.12. The summed E-state index contributed by atoms with van der Waals surface area (Å²) in [5, 5.41) is 12.5. The normalized spacial score (nSPS) is 10.3. The monoisotopic (exact) mass is 286 g/mol. The zero-order valence-corrected chi connectivity index (χ0v) is 12.1. The number of nitriles is 1. The topological polar surface area (TPSA) is 61.6 Å². The molecule has 0 bridgehead atoms. The van der Waals surface area contributed by atoms with Crippen LogP contribution in [0.3, 0.4) is 0 Å². The van der Waals surface area contributed by atoms with Crippen molar-refractivity contribution < 1.29 is 0 Å². The first-order valence-corrected chi connectivity index (χ1v) is 6.73. The lowest BCUT2D eigenvalue weighted by molar-refractivity contribution is 0.844. The highest BCUT2D eigenvalue weighted by molar-refractivity contribution is 6.30. The fraction of sp³-hybridized carbons (Fsp3) is 0.267. The SMILES string of the molecule is CC(C)c1c(Cl)ncnc1NCc1ccc(C#N)cc1. The van der Waals surface area contributed by atoms with Gasteiger partial charge in [0.1, 0.15) is 17.3 Å². The molecule has 0 atom stereocenters. The molecule has 0 radical (unpaired) electrons. The Morgan fingerprint density at radius 2 is 1.95 bits per heavy atom. The number of aromatic nitrogens is 2. The molecule has 20 heavy (non-hydrogen) atoms. The average Bonchev–Trinajstić information content (AvgIpc) is 2.45. The summed E-state index contributed by atoms with van der Waals surface area (Å²) in [5.41, 5.74) is 2.65. The molecule has 1 N–H and O–H groups in total. The molecule has 0 fully saturated rings. The predicted molar refractivity (Wildman–Crippen MR) is 79.6 cm³/mol. The van der Waals surface area contributed by atoms with Crippen molar-refractivity contribution in [2.75, 3.05) is 5.32 Å². The van der Waals surface area contributed by atoms with E-state index in [0.717, 1.165) is 16.9 Å². The smallest absolute Gasteiger partial charge is 0.138 e. The first-order chi connectivity index (χ1) is 9.61. The quantitative estimate of drug-likeness (QED) is 0.870. The lowest BCUT2D eigenvalue weighted by Crippen LogP contribution is -2.07. The molecule has 0 spiro atoms. The van der Waals surface area contributed by atoms with Gasteiger partial charge in [-0.2, -0.15) is 5.26 Å². The Balaban J connectivity index is 2.14. The fourth-order valence-corrected chi connectivity index (χ4v) is 2.26. The Morgan fingerprint density at radius 3 is 2.55 bits per heavy atom. The molecule has 1 aromatic heterocycles. The van der Waals surface area contributed by atoms with Gasteiger partial charge in [0.25, 0.3) is 0 Å². The van der Waals surface area contributed by atoms with Gasteiger partial charge in [0.2, 0.25) is 0 Å². The van der Waals surface area contributed by atoms with E-state index in [1.54, 1.807) is 12.1 Å². The van der Waals surface area contributed by atoms with Gasteiger partial charge in [-0.25, -0.2) is 9.97 Å². The van der Waals surface area contributed by atoms with E-state index in [1.807, 2.05) is 12.1 Å². The van der Waals surface area contributed by atoms with Crippen LogP contribution in [0.1, 0.15) is 36.5 Å². The van der Waals surface area contributed by atoms with Gasteiger partial charge in [0.05, 0.1) is 11.6 Å². The molecule has 1 aromatic carbocycles. The van der Waals surface area contributed by atoms with E-state index in [4.69, 9.17) is 16.9 Å². The van der Waals surface area contributed by atoms with Crippen LogP contribution in [0.2, 0.25) is 5.15 Å². The van der Waals surface area contributed by atoms with Crippen LogP contribution in [-0.2, 0) is 6.54 Å². The number of hydrogen-bond acceptors (Lipinski definition) is 4. The molecule has 0 saturated heterocycles. The van der Waals surface area contributed by atoms with Gasteiger partial charge in [0, 0.05) is 12.1 Å². The number of anilines is 1. The van der Waals surface area contributed by atoms with Crippen molar-refractivity contribution in [2.45, 2.75) is 26.3 Å². The highest BCUT2D eigenvalue weighted by Crippen LogP contribution is 2.28. The maximum atomic E-state index is 8.77. The molecular formula is C15H15ClN4. The van der Waals surface area contributed by atoms with E-state index >= 15 is 0 Å². The number of rotatable bonds is 4. The third-order valence-electron chi connectivity index (χ3n) is 2.96. The van der Waals surface area contributed by atoms with Crippen LogP contribution in [0.15, 0.2) is 30.6 Å². The van der Waals surface area contributed by atoms with Crippen molar-refractivity contribution in [3.05, 3.63) is 52.4 Å². The van der Waals surface area contributed by atoms with Crippen LogP contribution in [0.25, 0.3) is 0 Å². The minimum Gasteiger partial charge on any atom is -0.366 e. The van der Waals surface area contributed by atoms with Crippen LogP contribution in [0.5, 0.6) is 0 Å². The minimum absolute atomic E-state index is 0.243. The summed E-state index contributed by atoms with van der Waals surface area (Å²) in [4.78, 5) is 8.27. The van der Waals surface area contributed by atoms with Gasteiger partial charge < -0.3 is 5.32 Å². The summed E-state index contributed by atoms with van der Waals surface area (Å²) < 4.78 is 0. The molecular weight excluding hydrogens is 272 g/mol. The zero-order chi connectivity index (χ0) is 14.5. The molecule has 5 heteroatoms. The summed E-state index contributed by atoms with van der Waals surface area (Å²) in [7, 11) is 0. The van der Waals surface area contributed by atoms with Crippen molar-refractivity contribution in [3.63, 3.8) is 0 Å². The minimum atomic E-state index is 0.243. The molecule has 0 amide bonds. The molecule has 1 heterocycles. The first kappa shape index (κ1) is 14.3. The predicted octanol–water partition coefficient (Wildman–Crippen LogP) is 3.74. The Hall–Kier alpha value is -2.12. The largest absolute Gasteiger partial charge is 0.366 e. The van der Waals surface area contributed by atoms with Gasteiger partial charge in [-0.1, -0.05) is 37.6 Å². The van der Waals surface area contributed by atoms with E-state index in [-0.39, 0.29) is 5.92 Å². The van der Waals surface area contributed by atoms with Crippen molar-refractivity contribution in [2.24, 2.45) is 0 Å². The van der Waals surface area contributed by atoms with Gasteiger partial charge in [-0.15, -0.1) is 0 Å². The number of halogens is 1. The average molecular weight is 287 g/mol. The third kappa shape index (κ3) is 3.25. The number of nitrogens with zero attached hydrogens (tertiary/aromatic N) is 3. The highest BCUT2D eigenvalue weighted by Gasteiger charge is 2.13. The maximum absolute atomic E-state index is 8.77. The second-order valence-corrected chi connectivity index (χ2v) is 5.10. The summed E-state index contributed by atoms with van der Waals surface area (Å²) in [6.07, 6.45) is 1.45. The van der Waals surface area contributed by atoms with E-state index in [1.165, 1.54) is 6.33 Å². The standard InChI is InChI=1S/C15H15ClN4/c1-10(2)13-14(16)19-9-20-15(13)18-8-12-5-3-11(7-17)4-6-12/h3-6,9-10H,8H2,1-2H3,(H,18,19,20). The van der Waals surface area contributed by atoms with Crippen LogP contribution >= 0.6 is 11.6 Å². The van der Waals surface area contributed by atoms with Crippen molar-refractivity contribution in [3.8, 4) is 6.07 Å². The van der Waals surface area contributed by atoms with E-state index < -0.39 is 0 Å². The van der Waals surface area contributed by atoms with Crippen LogP contribution in [0.4, 0.5) is 5.82 Å². The Labute approximate surface area is 123 Å². The first-order valence-electron chi connectivity index (χ1n) is 6.35. The number of hydrogen-bond donors (Lipinski definition) is 1. The fourth-order valence-electron chi connectivity index (χ4n) is 1.91. The van der Waals surface area contributed by atoms with Crippen molar-refractivity contribution >= 4 is 17.4 Å². The molecule has 0 saturated carbocycles. The molecule has 102 valence electrons. The molecule has 2 aromatic rings.